The van der Waals surface area contributed by atoms with Crippen LogP contribution in [0.5, 0.6) is 10.9 Å². The van der Waals surface area contributed by atoms with E-state index in [4.69, 9.17) is 10.00 Å². The molecule has 0 bridgehead atoms. The Morgan fingerprint density at radius 1 is 1.40 bits per heavy atom. The second kappa shape index (κ2) is 4.38. The van der Waals surface area contributed by atoms with Crippen LogP contribution >= 0.6 is 27.3 Å². The normalized spacial score (nSPS) is 9.60. The van der Waals surface area contributed by atoms with E-state index in [9.17, 15) is 0 Å². The second-order valence-electron chi connectivity index (χ2n) is 2.56. The Bertz CT molecular complexity index is 520. The maximum Gasteiger partial charge on any atom is 0.300 e. The molecule has 0 radical (unpaired) electrons. The number of hydrogen-bond acceptors (Lipinski definition) is 5. The fourth-order valence-electron chi connectivity index (χ4n) is 0.964. The fraction of sp³-hybridized carbons (Fsp3) is 0. The van der Waals surface area contributed by atoms with Crippen molar-refractivity contribution in [2.24, 2.45) is 0 Å². The lowest BCUT2D eigenvalue weighted by molar-refractivity contribution is 0.473. The Balaban J connectivity index is 2.21. The summed E-state index contributed by atoms with van der Waals surface area (Å²) < 4.78 is 6.07. The van der Waals surface area contributed by atoms with Gasteiger partial charge in [0, 0.05) is 0 Å². The molecule has 1 heterocycles. The van der Waals surface area contributed by atoms with E-state index in [0.29, 0.717) is 20.4 Å². The Labute approximate surface area is 98.3 Å². The number of aromatic nitrogens is 2. The first-order chi connectivity index (χ1) is 7.28. The third kappa shape index (κ3) is 2.52. The third-order valence-electron chi connectivity index (χ3n) is 1.55. The third-order valence-corrected chi connectivity index (χ3v) is 2.78. The average molecular weight is 282 g/mol. The minimum Gasteiger partial charge on any atom is -0.430 e. The Morgan fingerprint density at radius 2 is 2.27 bits per heavy atom. The smallest absolute Gasteiger partial charge is 0.300 e. The molecule has 0 atom stereocenters. The molecule has 0 saturated heterocycles. The summed E-state index contributed by atoms with van der Waals surface area (Å²) in [7, 11) is 0. The topological polar surface area (TPSA) is 58.8 Å². The van der Waals surface area contributed by atoms with E-state index in [0.717, 1.165) is 0 Å². The van der Waals surface area contributed by atoms with Gasteiger partial charge >= 0.3 is 0 Å². The fourth-order valence-corrected chi connectivity index (χ4v) is 1.90. The lowest BCUT2D eigenvalue weighted by atomic mass is 10.2. The molecule has 0 unspecified atom stereocenters. The van der Waals surface area contributed by atoms with E-state index in [1.807, 2.05) is 6.07 Å². The van der Waals surface area contributed by atoms with Crippen LogP contribution in [-0.4, -0.2) is 10.2 Å². The summed E-state index contributed by atoms with van der Waals surface area (Å²) >= 11 is 4.47. The van der Waals surface area contributed by atoms with Crippen molar-refractivity contribution in [1.82, 2.24) is 10.2 Å². The first-order valence-corrected chi connectivity index (χ1v) is 5.56. The summed E-state index contributed by atoms with van der Waals surface area (Å²) in [5.74, 6) is 0.581. The molecule has 0 amide bonds. The van der Waals surface area contributed by atoms with E-state index >= 15 is 0 Å². The van der Waals surface area contributed by atoms with Gasteiger partial charge in [-0.2, -0.15) is 5.26 Å². The molecular formula is C9H4BrN3OS. The van der Waals surface area contributed by atoms with Crippen molar-refractivity contribution >= 4 is 27.3 Å². The van der Waals surface area contributed by atoms with Crippen LogP contribution in [0.3, 0.4) is 0 Å². The highest BCUT2D eigenvalue weighted by Crippen LogP contribution is 2.27. The average Bonchev–Trinajstić information content (AvgIpc) is 2.64. The van der Waals surface area contributed by atoms with Gasteiger partial charge in [0.15, 0.2) is 3.92 Å². The number of nitrogens with zero attached hydrogens (tertiary/aromatic N) is 3. The summed E-state index contributed by atoms with van der Waals surface area (Å²) in [6, 6.07) is 8.91. The van der Waals surface area contributed by atoms with Gasteiger partial charge in [-0.15, -0.1) is 5.10 Å². The maximum absolute atomic E-state index is 8.69. The SMILES string of the molecule is N#Cc1cccc(Oc2nnc(Br)s2)c1. The van der Waals surface area contributed by atoms with E-state index < -0.39 is 0 Å². The molecule has 15 heavy (non-hydrogen) atoms. The Hall–Kier alpha value is -1.45. The van der Waals surface area contributed by atoms with Crippen LogP contribution < -0.4 is 4.74 Å². The molecule has 0 aliphatic carbocycles. The molecule has 0 aliphatic rings. The van der Waals surface area contributed by atoms with E-state index in [-0.39, 0.29) is 0 Å². The molecule has 0 aliphatic heterocycles. The summed E-state index contributed by atoms with van der Waals surface area (Å²) in [5, 5.41) is 16.7. The summed E-state index contributed by atoms with van der Waals surface area (Å²) in [5.41, 5.74) is 0.552. The summed E-state index contributed by atoms with van der Waals surface area (Å²) in [4.78, 5) is 0. The second-order valence-corrected chi connectivity index (χ2v) is 4.78. The molecule has 6 heteroatoms. The monoisotopic (exact) mass is 281 g/mol. The van der Waals surface area contributed by atoms with Crippen LogP contribution in [0.2, 0.25) is 0 Å². The highest BCUT2D eigenvalue weighted by Gasteiger charge is 2.04. The van der Waals surface area contributed by atoms with Crippen LogP contribution in [0.1, 0.15) is 5.56 Å². The van der Waals surface area contributed by atoms with Crippen LogP contribution in [0.25, 0.3) is 0 Å². The van der Waals surface area contributed by atoms with Crippen LogP contribution in [0.4, 0.5) is 0 Å². The number of benzene rings is 1. The first-order valence-electron chi connectivity index (χ1n) is 3.95. The van der Waals surface area contributed by atoms with Gasteiger partial charge in [-0.25, -0.2) is 0 Å². The van der Waals surface area contributed by atoms with E-state index in [1.165, 1.54) is 11.3 Å². The summed E-state index contributed by atoms with van der Waals surface area (Å²) in [6.07, 6.45) is 0. The maximum atomic E-state index is 8.69. The van der Waals surface area contributed by atoms with Gasteiger partial charge < -0.3 is 4.74 Å². The zero-order chi connectivity index (χ0) is 10.7. The number of halogens is 1. The molecule has 4 nitrogen and oxygen atoms in total. The largest absolute Gasteiger partial charge is 0.430 e. The minimum absolute atomic E-state index is 0.442. The Morgan fingerprint density at radius 3 is 2.93 bits per heavy atom. The van der Waals surface area contributed by atoms with Crippen LogP contribution in [-0.2, 0) is 0 Å². The molecule has 2 rings (SSSR count). The van der Waals surface area contributed by atoms with E-state index in [1.54, 1.807) is 24.3 Å². The molecule has 1 aromatic carbocycles. The van der Waals surface area contributed by atoms with Gasteiger partial charge in [0.2, 0.25) is 0 Å². The molecule has 0 spiro atoms. The van der Waals surface area contributed by atoms with Gasteiger partial charge in [-0.1, -0.05) is 11.2 Å². The predicted molar refractivity (Wildman–Crippen MR) is 58.8 cm³/mol. The van der Waals surface area contributed by atoms with Gasteiger partial charge in [0.05, 0.1) is 11.6 Å². The van der Waals surface area contributed by atoms with Crippen LogP contribution in [0, 0.1) is 11.3 Å². The van der Waals surface area contributed by atoms with Crippen LogP contribution in [0.15, 0.2) is 28.2 Å². The first kappa shape index (κ1) is 10.1. The molecule has 0 N–H and O–H groups in total. The van der Waals surface area contributed by atoms with Gasteiger partial charge in [-0.3, -0.25) is 0 Å². The van der Waals surface area contributed by atoms with Crippen molar-refractivity contribution in [3.05, 3.63) is 33.7 Å². The molecule has 1 aromatic heterocycles. The Kier molecular flexibility index (Phi) is 2.94. The number of hydrogen-bond donors (Lipinski definition) is 0. The number of ether oxygens (including phenoxy) is 1. The highest BCUT2D eigenvalue weighted by molar-refractivity contribution is 9.11. The zero-order valence-electron chi connectivity index (χ0n) is 7.35. The van der Waals surface area contributed by atoms with Crippen molar-refractivity contribution < 1.29 is 4.74 Å². The standard InChI is InChI=1S/C9H4BrN3OS/c10-8-12-13-9(15-8)14-7-3-1-2-6(4-7)5-11/h1-4H. The minimum atomic E-state index is 0.442. The van der Waals surface area contributed by atoms with Gasteiger partial charge in [0.25, 0.3) is 5.19 Å². The lowest BCUT2D eigenvalue weighted by Gasteiger charge is -1.99. The lowest BCUT2D eigenvalue weighted by Crippen LogP contribution is -1.84. The van der Waals surface area contributed by atoms with Crippen molar-refractivity contribution in [3.8, 4) is 17.0 Å². The summed E-state index contributed by atoms with van der Waals surface area (Å²) in [6.45, 7) is 0. The zero-order valence-corrected chi connectivity index (χ0v) is 9.75. The highest BCUT2D eigenvalue weighted by atomic mass is 79.9. The molecule has 0 fully saturated rings. The molecule has 0 saturated carbocycles. The van der Waals surface area contributed by atoms with Crippen molar-refractivity contribution in [1.29, 1.82) is 5.26 Å². The van der Waals surface area contributed by atoms with Gasteiger partial charge in [0.1, 0.15) is 5.75 Å². The van der Waals surface area contributed by atoms with Gasteiger partial charge in [-0.05, 0) is 45.5 Å². The quantitative estimate of drug-likeness (QED) is 0.849. The molecular weight excluding hydrogens is 278 g/mol. The predicted octanol–water partition coefficient (Wildman–Crippen LogP) is 2.96. The molecule has 74 valence electrons. The molecule has 2 aromatic rings. The van der Waals surface area contributed by atoms with E-state index in [2.05, 4.69) is 26.1 Å². The number of rotatable bonds is 2. The van der Waals surface area contributed by atoms with Crippen molar-refractivity contribution in [2.45, 2.75) is 0 Å². The van der Waals surface area contributed by atoms with Crippen molar-refractivity contribution in [2.75, 3.05) is 0 Å². The number of nitriles is 1. The van der Waals surface area contributed by atoms with Crippen molar-refractivity contribution in [3.63, 3.8) is 0 Å².